The molecule has 0 amide bonds. The van der Waals surface area contributed by atoms with Crippen molar-refractivity contribution in [1.82, 2.24) is 26.1 Å². The minimum absolute atomic E-state index is 0.292. The summed E-state index contributed by atoms with van der Waals surface area (Å²) in [6.45, 7) is 6.28. The second-order valence-electron chi connectivity index (χ2n) is 2.78. The second-order valence-corrected chi connectivity index (χ2v) is 3.99. The molecule has 0 unspecified atom stereocenters. The van der Waals surface area contributed by atoms with E-state index in [1.165, 1.54) is 0 Å². The molecule has 0 spiro atoms. The average molecular weight is 189 g/mol. The highest BCUT2D eigenvalue weighted by Gasteiger charge is 1.91. The summed E-state index contributed by atoms with van der Waals surface area (Å²) in [4.78, 5) is 3.39. The molecule has 0 aliphatic carbocycles. The van der Waals surface area contributed by atoms with Crippen LogP contribution in [0.5, 0.6) is 0 Å². The van der Waals surface area contributed by atoms with Gasteiger partial charge in [0.2, 0.25) is 0 Å². The lowest BCUT2D eigenvalue weighted by molar-refractivity contribution is 0.561. The van der Waals surface area contributed by atoms with E-state index in [1.54, 1.807) is 0 Å². The van der Waals surface area contributed by atoms with E-state index in [0.29, 0.717) is 0 Å². The largest absolute Gasteiger partial charge is 0.328 e. The van der Waals surface area contributed by atoms with E-state index in [4.69, 9.17) is 0 Å². The van der Waals surface area contributed by atoms with E-state index in [-0.39, 0.29) is 9.84 Å². The molecule has 12 heavy (non-hydrogen) atoms. The third-order valence-corrected chi connectivity index (χ3v) is 2.75. The molecule has 1 aliphatic rings. The van der Waals surface area contributed by atoms with Gasteiger partial charge in [-0.2, -0.15) is 0 Å². The zero-order chi connectivity index (χ0) is 8.49. The molecule has 72 valence electrons. The van der Waals surface area contributed by atoms with Crippen molar-refractivity contribution in [2.45, 2.75) is 0 Å². The van der Waals surface area contributed by atoms with Gasteiger partial charge in [-0.3, -0.25) is 10.5 Å². The fraction of sp³-hybridized carbons (Fsp3) is 1.00. The molecule has 5 N–H and O–H groups in total. The van der Waals surface area contributed by atoms with E-state index in [2.05, 4.69) is 26.1 Å². The predicted octanol–water partition coefficient (Wildman–Crippen LogP) is -3.14. The fourth-order valence-electron chi connectivity index (χ4n) is 1.06. The summed E-state index contributed by atoms with van der Waals surface area (Å²) in [5.74, 6) is 0. The topological polar surface area (TPSA) is 60.1 Å². The summed E-state index contributed by atoms with van der Waals surface area (Å²) in [5, 5.41) is 9.90. The summed E-state index contributed by atoms with van der Waals surface area (Å²) in [6, 6.07) is 0. The Morgan fingerprint density at radius 2 is 1.42 bits per heavy atom. The van der Waals surface area contributed by atoms with Gasteiger partial charge in [0.05, 0.1) is 0 Å². The fourth-order valence-corrected chi connectivity index (χ4v) is 1.84. The number of hydrogen-bond donors (Lipinski definition) is 5. The average Bonchev–Trinajstić information content (AvgIpc) is 2.05. The van der Waals surface area contributed by atoms with Crippen molar-refractivity contribution < 1.29 is 0 Å². The quantitative estimate of drug-likeness (QED) is 0.261. The predicted molar refractivity (Wildman–Crippen MR) is 53.4 cm³/mol. The van der Waals surface area contributed by atoms with Crippen LogP contribution in [0.15, 0.2) is 0 Å². The van der Waals surface area contributed by atoms with Gasteiger partial charge in [0.15, 0.2) is 9.84 Å². The van der Waals surface area contributed by atoms with Crippen LogP contribution >= 0.6 is 0 Å². The van der Waals surface area contributed by atoms with Gasteiger partial charge in [0, 0.05) is 39.3 Å². The van der Waals surface area contributed by atoms with Crippen molar-refractivity contribution in [2.24, 2.45) is 0 Å². The highest BCUT2D eigenvalue weighted by atomic mass is 28.2. The molecule has 1 saturated heterocycles. The Balaban J connectivity index is 2.00. The third kappa shape index (κ3) is 5.64. The van der Waals surface area contributed by atoms with E-state index in [9.17, 15) is 0 Å². The Labute approximate surface area is 76.0 Å². The van der Waals surface area contributed by atoms with Crippen LogP contribution in [0.2, 0.25) is 0 Å². The molecule has 0 aromatic carbocycles. The molecule has 6 heteroatoms. The molecule has 0 bridgehead atoms. The van der Waals surface area contributed by atoms with Crippen LogP contribution < -0.4 is 26.1 Å². The Kier molecular flexibility index (Phi) is 6.44. The van der Waals surface area contributed by atoms with Gasteiger partial charge in [-0.15, -0.1) is 0 Å². The van der Waals surface area contributed by atoms with Crippen molar-refractivity contribution in [2.75, 3.05) is 39.3 Å². The van der Waals surface area contributed by atoms with Gasteiger partial charge >= 0.3 is 0 Å². The van der Waals surface area contributed by atoms with Crippen molar-refractivity contribution in [1.29, 1.82) is 0 Å². The third-order valence-electron chi connectivity index (χ3n) is 1.72. The van der Waals surface area contributed by atoms with Gasteiger partial charge in [-0.05, 0) is 0 Å². The van der Waals surface area contributed by atoms with Crippen LogP contribution in [-0.2, 0) is 0 Å². The van der Waals surface area contributed by atoms with Gasteiger partial charge in [0.1, 0.15) is 0 Å². The second kappa shape index (κ2) is 7.65. The minimum Gasteiger partial charge on any atom is -0.328 e. The SMILES string of the molecule is C1CNCCN[SiH2]NNCCN1. The monoisotopic (exact) mass is 189 g/mol. The van der Waals surface area contributed by atoms with Crippen molar-refractivity contribution in [3.8, 4) is 0 Å². The molecule has 1 aliphatic heterocycles. The van der Waals surface area contributed by atoms with Crippen LogP contribution in [0.4, 0.5) is 0 Å². The van der Waals surface area contributed by atoms with Crippen molar-refractivity contribution >= 4 is 9.84 Å². The van der Waals surface area contributed by atoms with Crippen molar-refractivity contribution in [3.05, 3.63) is 0 Å². The zero-order valence-electron chi connectivity index (χ0n) is 7.45. The Bertz CT molecular complexity index is 58.9. The van der Waals surface area contributed by atoms with E-state index < -0.39 is 0 Å². The summed E-state index contributed by atoms with van der Waals surface area (Å²) in [5.41, 5.74) is 3.17. The maximum absolute atomic E-state index is 3.39. The summed E-state index contributed by atoms with van der Waals surface area (Å²) in [7, 11) is -0.292. The molecule has 0 atom stereocenters. The molecule has 1 fully saturated rings. The first kappa shape index (κ1) is 10.1. The zero-order valence-corrected chi connectivity index (χ0v) is 8.86. The lowest BCUT2D eigenvalue weighted by Gasteiger charge is -2.11. The standard InChI is InChI=1S/C6H19N5Si/c1-2-8-4-6-10-12-11-9-5-3-7-1/h7-11H,1-6,12H2. The summed E-state index contributed by atoms with van der Waals surface area (Å²) >= 11 is 0. The molecular formula is C6H19N5Si. The highest BCUT2D eigenvalue weighted by molar-refractivity contribution is 6.28. The molecular weight excluding hydrogens is 170 g/mol. The maximum Gasteiger partial charge on any atom is 0.181 e. The van der Waals surface area contributed by atoms with Crippen LogP contribution in [0.25, 0.3) is 0 Å². The van der Waals surface area contributed by atoms with Gasteiger partial charge in [-0.1, -0.05) is 0 Å². The van der Waals surface area contributed by atoms with Crippen LogP contribution in [0, 0.1) is 0 Å². The smallest absolute Gasteiger partial charge is 0.181 e. The van der Waals surface area contributed by atoms with E-state index >= 15 is 0 Å². The molecule has 1 rings (SSSR count). The lowest BCUT2D eigenvalue weighted by Crippen LogP contribution is -2.48. The van der Waals surface area contributed by atoms with Gasteiger partial charge in [-0.25, -0.2) is 0 Å². The minimum atomic E-state index is -0.292. The first-order valence-electron chi connectivity index (χ1n) is 4.58. The lowest BCUT2D eigenvalue weighted by atomic mass is 10.5. The summed E-state index contributed by atoms with van der Waals surface area (Å²) < 4.78 is 0. The van der Waals surface area contributed by atoms with E-state index in [0.717, 1.165) is 39.3 Å². The molecule has 0 aromatic rings. The Morgan fingerprint density at radius 3 is 2.25 bits per heavy atom. The first-order chi connectivity index (χ1) is 6.00. The van der Waals surface area contributed by atoms with Crippen LogP contribution in [0.3, 0.4) is 0 Å². The van der Waals surface area contributed by atoms with Gasteiger partial charge < -0.3 is 15.6 Å². The van der Waals surface area contributed by atoms with Gasteiger partial charge in [0.25, 0.3) is 0 Å². The van der Waals surface area contributed by atoms with E-state index in [1.807, 2.05) is 0 Å². The normalized spacial score (nSPS) is 26.0. The van der Waals surface area contributed by atoms with Crippen LogP contribution in [0.1, 0.15) is 0 Å². The molecule has 0 saturated carbocycles. The number of hydrazine groups is 1. The number of nitrogens with one attached hydrogen (secondary N) is 5. The maximum atomic E-state index is 3.39. The Morgan fingerprint density at radius 1 is 0.750 bits per heavy atom. The van der Waals surface area contributed by atoms with Crippen LogP contribution in [-0.4, -0.2) is 49.1 Å². The number of hydrogen-bond acceptors (Lipinski definition) is 5. The molecule has 0 radical (unpaired) electrons. The highest BCUT2D eigenvalue weighted by Crippen LogP contribution is 1.62. The Hall–Kier alpha value is 0.0169. The first-order valence-corrected chi connectivity index (χ1v) is 5.99. The molecule has 0 aromatic heterocycles. The molecule has 1 heterocycles. The molecule has 5 nitrogen and oxygen atoms in total. The summed E-state index contributed by atoms with van der Waals surface area (Å²) in [6.07, 6.45) is 0. The van der Waals surface area contributed by atoms with Crippen molar-refractivity contribution in [3.63, 3.8) is 0 Å². The number of rotatable bonds is 0.